The summed E-state index contributed by atoms with van der Waals surface area (Å²) in [6.45, 7) is 5.50. The Labute approximate surface area is 253 Å². The third-order valence-electron chi connectivity index (χ3n) is 7.07. The summed E-state index contributed by atoms with van der Waals surface area (Å²) in [5, 5.41) is 14.6. The second-order valence-electron chi connectivity index (χ2n) is 11.4. The van der Waals surface area contributed by atoms with E-state index in [0.717, 1.165) is 23.0 Å². The maximum absolute atomic E-state index is 14.7. The predicted octanol–water partition coefficient (Wildman–Crippen LogP) is 5.72. The lowest BCUT2D eigenvalue weighted by atomic mass is 10.1. The summed E-state index contributed by atoms with van der Waals surface area (Å²) in [6, 6.07) is 8.63. The third-order valence-corrected chi connectivity index (χ3v) is 7.07. The third kappa shape index (κ3) is 6.25. The molecule has 11 nitrogen and oxygen atoms in total. The first-order valence-electron chi connectivity index (χ1n) is 14.4. The summed E-state index contributed by atoms with van der Waals surface area (Å²) in [5.74, 6) is 0.375. The molecule has 0 saturated carbocycles. The largest absolute Gasteiger partial charge is 0.384 e. The average Bonchev–Trinajstić information content (AvgIpc) is 3.60. The molecule has 44 heavy (non-hydrogen) atoms. The van der Waals surface area contributed by atoms with Crippen molar-refractivity contribution in [3.63, 3.8) is 0 Å². The summed E-state index contributed by atoms with van der Waals surface area (Å²) in [7, 11) is 3.98. The molecule has 1 amide bonds. The Balaban J connectivity index is 1.33. The number of hydrogen-bond acceptors (Lipinski definition) is 8. The molecule has 0 aliphatic rings. The number of fused-ring (bicyclic) bond motifs is 2. The zero-order chi connectivity index (χ0) is 30.8. The number of halogens is 1. The van der Waals surface area contributed by atoms with Crippen LogP contribution in [0, 0.1) is 11.7 Å². The fraction of sp³-hybridized carbons (Fsp3) is 0.250. The molecule has 0 aliphatic heterocycles. The second kappa shape index (κ2) is 12.2. The molecular formula is C32H33FN10O. The van der Waals surface area contributed by atoms with E-state index in [1.54, 1.807) is 31.0 Å². The number of imidazole rings is 1. The lowest BCUT2D eigenvalue weighted by Crippen LogP contribution is -2.20. The van der Waals surface area contributed by atoms with E-state index in [0.29, 0.717) is 63.7 Å². The number of benzene rings is 1. The average molecular weight is 593 g/mol. The van der Waals surface area contributed by atoms with Gasteiger partial charge >= 0.3 is 0 Å². The Morgan fingerprint density at radius 1 is 0.955 bits per heavy atom. The molecule has 0 fully saturated rings. The topological polar surface area (TPSA) is 140 Å². The number of aromatic amines is 2. The SMILES string of the molecule is CC(C)CC(=O)Nc1cncc(-c2cc3c(-c4nc5c(-c6cc(F)cc(NCCN(C)C)c6)cncc5[nH]4)n[nH]c3cn2)c1. The molecule has 6 aromatic rings. The van der Waals surface area contributed by atoms with Crippen molar-refractivity contribution in [2.75, 3.05) is 37.8 Å². The quantitative estimate of drug-likeness (QED) is 0.158. The Bertz CT molecular complexity index is 1960. The predicted molar refractivity (Wildman–Crippen MR) is 171 cm³/mol. The molecule has 0 saturated heterocycles. The van der Waals surface area contributed by atoms with E-state index in [2.05, 4.69) is 45.7 Å². The van der Waals surface area contributed by atoms with Gasteiger partial charge < -0.3 is 20.5 Å². The maximum atomic E-state index is 14.7. The highest BCUT2D eigenvalue weighted by molar-refractivity contribution is 5.98. The van der Waals surface area contributed by atoms with Crippen LogP contribution < -0.4 is 10.6 Å². The first-order chi connectivity index (χ1) is 21.2. The van der Waals surface area contributed by atoms with E-state index >= 15 is 0 Å². The summed E-state index contributed by atoms with van der Waals surface area (Å²) >= 11 is 0. The summed E-state index contributed by atoms with van der Waals surface area (Å²) in [5.41, 5.74) is 6.76. The van der Waals surface area contributed by atoms with Crippen molar-refractivity contribution in [3.8, 4) is 33.9 Å². The molecule has 6 rings (SSSR count). The van der Waals surface area contributed by atoms with Crippen molar-refractivity contribution in [1.29, 1.82) is 0 Å². The van der Waals surface area contributed by atoms with Crippen LogP contribution in [0.15, 0.2) is 61.3 Å². The summed E-state index contributed by atoms with van der Waals surface area (Å²) < 4.78 is 14.7. The fourth-order valence-electron chi connectivity index (χ4n) is 5.01. The number of carbonyl (C=O) groups is 1. The van der Waals surface area contributed by atoms with Crippen LogP contribution in [0.4, 0.5) is 15.8 Å². The number of pyridine rings is 3. The number of hydrogen-bond donors (Lipinski definition) is 4. The number of nitrogens with one attached hydrogen (secondary N) is 4. The normalized spacial score (nSPS) is 11.6. The molecule has 0 unspecified atom stereocenters. The number of carbonyl (C=O) groups excluding carboxylic acids is 1. The lowest BCUT2D eigenvalue weighted by Gasteiger charge is -2.12. The Hall–Kier alpha value is -5.23. The van der Waals surface area contributed by atoms with Gasteiger partial charge in [0.2, 0.25) is 5.91 Å². The van der Waals surface area contributed by atoms with Crippen molar-refractivity contribution in [2.24, 2.45) is 5.92 Å². The van der Waals surface area contributed by atoms with E-state index in [1.165, 1.54) is 12.1 Å². The van der Waals surface area contributed by atoms with Crippen molar-refractivity contribution >= 4 is 39.2 Å². The lowest BCUT2D eigenvalue weighted by molar-refractivity contribution is -0.116. The molecule has 4 N–H and O–H groups in total. The molecule has 5 aromatic heterocycles. The van der Waals surface area contributed by atoms with Crippen LogP contribution in [0.25, 0.3) is 55.8 Å². The van der Waals surface area contributed by atoms with Crippen LogP contribution in [-0.2, 0) is 4.79 Å². The zero-order valence-electron chi connectivity index (χ0n) is 24.9. The van der Waals surface area contributed by atoms with Crippen molar-refractivity contribution < 1.29 is 9.18 Å². The maximum Gasteiger partial charge on any atom is 0.224 e. The first-order valence-corrected chi connectivity index (χ1v) is 14.4. The minimum atomic E-state index is -0.348. The van der Waals surface area contributed by atoms with E-state index in [-0.39, 0.29) is 17.6 Å². The smallest absolute Gasteiger partial charge is 0.224 e. The second-order valence-corrected chi connectivity index (χ2v) is 11.4. The highest BCUT2D eigenvalue weighted by Crippen LogP contribution is 2.33. The molecular weight excluding hydrogens is 559 g/mol. The van der Waals surface area contributed by atoms with Gasteiger partial charge in [-0.1, -0.05) is 13.8 Å². The minimum Gasteiger partial charge on any atom is -0.384 e. The standard InChI is InChI=1S/C32H33FN10O/c1-18(2)7-29(44)38-23-10-20(13-34-14-23)26-12-24-27(17-37-26)41-42-31(24)32-39-28-16-35-15-25(30(28)40-32)19-8-21(33)11-22(9-19)36-5-6-43(3)4/h8-18,36H,5-7H2,1-4H3,(H,38,44)(H,39,40)(H,41,42). The van der Waals surface area contributed by atoms with Gasteiger partial charge in [0.25, 0.3) is 0 Å². The highest BCUT2D eigenvalue weighted by Gasteiger charge is 2.18. The number of rotatable bonds is 10. The Morgan fingerprint density at radius 2 is 1.77 bits per heavy atom. The first kappa shape index (κ1) is 28.9. The van der Waals surface area contributed by atoms with E-state index < -0.39 is 0 Å². The molecule has 0 aliphatic carbocycles. The molecule has 0 spiro atoms. The number of H-pyrrole nitrogens is 2. The fourth-order valence-corrected chi connectivity index (χ4v) is 5.01. The van der Waals surface area contributed by atoms with Gasteiger partial charge in [0.05, 0.1) is 46.5 Å². The van der Waals surface area contributed by atoms with Gasteiger partial charge in [0.1, 0.15) is 11.5 Å². The summed E-state index contributed by atoms with van der Waals surface area (Å²) in [6.07, 6.45) is 8.83. The molecule has 224 valence electrons. The van der Waals surface area contributed by atoms with Crippen LogP contribution in [-0.4, -0.2) is 73.1 Å². The van der Waals surface area contributed by atoms with Crippen LogP contribution in [0.3, 0.4) is 0 Å². The van der Waals surface area contributed by atoms with E-state index in [1.807, 2.05) is 46.1 Å². The highest BCUT2D eigenvalue weighted by atomic mass is 19.1. The number of aromatic nitrogens is 7. The van der Waals surface area contributed by atoms with Gasteiger partial charge in [-0.3, -0.25) is 24.8 Å². The minimum absolute atomic E-state index is 0.0618. The van der Waals surface area contributed by atoms with Crippen LogP contribution >= 0.6 is 0 Å². The van der Waals surface area contributed by atoms with Crippen LogP contribution in [0.2, 0.25) is 0 Å². The molecule has 12 heteroatoms. The van der Waals surface area contributed by atoms with Crippen LogP contribution in [0.5, 0.6) is 0 Å². The molecule has 5 heterocycles. The number of amides is 1. The molecule has 0 bridgehead atoms. The zero-order valence-corrected chi connectivity index (χ0v) is 24.9. The molecule has 1 aromatic carbocycles. The van der Waals surface area contributed by atoms with Gasteiger partial charge in [0.15, 0.2) is 5.82 Å². The van der Waals surface area contributed by atoms with Crippen molar-refractivity contribution in [3.05, 3.63) is 67.1 Å². The van der Waals surface area contributed by atoms with E-state index in [9.17, 15) is 9.18 Å². The van der Waals surface area contributed by atoms with E-state index in [4.69, 9.17) is 4.98 Å². The summed E-state index contributed by atoms with van der Waals surface area (Å²) in [4.78, 5) is 35.9. The monoisotopic (exact) mass is 592 g/mol. The Morgan fingerprint density at radius 3 is 2.59 bits per heavy atom. The number of anilines is 2. The van der Waals surface area contributed by atoms with Crippen molar-refractivity contribution in [2.45, 2.75) is 20.3 Å². The molecule has 0 radical (unpaired) electrons. The number of likely N-dealkylation sites (N-methyl/N-ethyl adjacent to an activating group) is 1. The van der Waals surface area contributed by atoms with Gasteiger partial charge in [0, 0.05) is 54.1 Å². The van der Waals surface area contributed by atoms with Gasteiger partial charge in [-0.25, -0.2) is 9.37 Å². The Kier molecular flexibility index (Phi) is 7.99. The van der Waals surface area contributed by atoms with Gasteiger partial charge in [-0.15, -0.1) is 0 Å². The van der Waals surface area contributed by atoms with Gasteiger partial charge in [-0.05, 0) is 55.9 Å². The van der Waals surface area contributed by atoms with Crippen molar-refractivity contribution in [1.82, 2.24) is 40.0 Å². The number of nitrogens with zero attached hydrogens (tertiary/aromatic N) is 6. The van der Waals surface area contributed by atoms with Gasteiger partial charge in [-0.2, -0.15) is 5.10 Å². The van der Waals surface area contributed by atoms with Crippen LogP contribution in [0.1, 0.15) is 20.3 Å². The molecule has 0 atom stereocenters.